The quantitative estimate of drug-likeness (QED) is 0.830. The number of ether oxygens (including phenoxy) is 2. The first-order valence-corrected chi connectivity index (χ1v) is 8.10. The van der Waals surface area contributed by atoms with E-state index in [1.54, 1.807) is 19.4 Å². The van der Waals surface area contributed by atoms with Crippen molar-refractivity contribution in [2.75, 3.05) is 26.8 Å². The number of hydrogen-bond donors (Lipinski definition) is 0. The fraction of sp³-hybridized carbons (Fsp3) is 0.471. The van der Waals surface area contributed by atoms with E-state index in [2.05, 4.69) is 10.1 Å². The van der Waals surface area contributed by atoms with Crippen molar-refractivity contribution in [3.63, 3.8) is 0 Å². The second kappa shape index (κ2) is 7.44. The van der Waals surface area contributed by atoms with Crippen LogP contribution in [0.15, 0.2) is 30.7 Å². The first kappa shape index (κ1) is 16.4. The van der Waals surface area contributed by atoms with Crippen molar-refractivity contribution in [2.45, 2.75) is 26.0 Å². The molecule has 1 saturated heterocycles. The number of rotatable bonds is 5. The maximum absolute atomic E-state index is 12.6. The lowest BCUT2D eigenvalue weighted by atomic mass is 10.1. The number of aryl methyl sites for hydroxylation is 1. The van der Waals surface area contributed by atoms with Crippen LogP contribution in [0, 0.1) is 0 Å². The molecule has 7 heteroatoms. The van der Waals surface area contributed by atoms with Crippen LogP contribution in [0.5, 0.6) is 5.88 Å². The molecular formula is C17H22N4O3. The van der Waals surface area contributed by atoms with E-state index in [1.807, 2.05) is 35.0 Å². The zero-order chi connectivity index (χ0) is 16.9. The van der Waals surface area contributed by atoms with Crippen molar-refractivity contribution in [2.24, 2.45) is 0 Å². The van der Waals surface area contributed by atoms with Crippen molar-refractivity contribution in [3.05, 3.63) is 41.9 Å². The maximum atomic E-state index is 12.6. The predicted octanol–water partition coefficient (Wildman–Crippen LogP) is 1.45. The van der Waals surface area contributed by atoms with Crippen LogP contribution in [-0.2, 0) is 22.5 Å². The third-order valence-corrected chi connectivity index (χ3v) is 4.13. The van der Waals surface area contributed by atoms with Gasteiger partial charge in [0.05, 0.1) is 32.9 Å². The predicted molar refractivity (Wildman–Crippen MR) is 87.7 cm³/mol. The number of pyridine rings is 1. The summed E-state index contributed by atoms with van der Waals surface area (Å²) in [4.78, 5) is 18.5. The van der Waals surface area contributed by atoms with Crippen LogP contribution in [0.1, 0.15) is 24.2 Å². The van der Waals surface area contributed by atoms with E-state index >= 15 is 0 Å². The maximum Gasteiger partial charge on any atom is 0.227 e. The fourth-order valence-electron chi connectivity index (χ4n) is 2.75. The van der Waals surface area contributed by atoms with Crippen molar-refractivity contribution in [3.8, 4) is 5.88 Å². The molecule has 2 aromatic heterocycles. The summed E-state index contributed by atoms with van der Waals surface area (Å²) >= 11 is 0. The monoisotopic (exact) mass is 330 g/mol. The second-order valence-corrected chi connectivity index (χ2v) is 5.71. The van der Waals surface area contributed by atoms with Gasteiger partial charge in [0.15, 0.2) is 0 Å². The SMILES string of the molecule is CCn1cc(C2CN(C(=O)Cc3ccnc(OC)c3)CCO2)cn1. The molecule has 1 unspecified atom stereocenters. The van der Waals surface area contributed by atoms with E-state index in [-0.39, 0.29) is 12.0 Å². The van der Waals surface area contributed by atoms with Gasteiger partial charge >= 0.3 is 0 Å². The number of carbonyl (C=O) groups is 1. The van der Waals surface area contributed by atoms with Crippen molar-refractivity contribution < 1.29 is 14.3 Å². The van der Waals surface area contributed by atoms with Crippen LogP contribution in [0.4, 0.5) is 0 Å². The molecule has 3 rings (SSSR count). The summed E-state index contributed by atoms with van der Waals surface area (Å²) in [5.74, 6) is 0.603. The Bertz CT molecular complexity index is 701. The van der Waals surface area contributed by atoms with E-state index < -0.39 is 0 Å². The van der Waals surface area contributed by atoms with Gasteiger partial charge in [0, 0.05) is 37.1 Å². The van der Waals surface area contributed by atoms with Crippen molar-refractivity contribution in [1.29, 1.82) is 0 Å². The molecule has 0 bridgehead atoms. The van der Waals surface area contributed by atoms with E-state index in [1.165, 1.54) is 0 Å². The van der Waals surface area contributed by atoms with E-state index in [9.17, 15) is 4.79 Å². The normalized spacial score (nSPS) is 17.8. The van der Waals surface area contributed by atoms with Gasteiger partial charge in [-0.15, -0.1) is 0 Å². The van der Waals surface area contributed by atoms with Gasteiger partial charge in [-0.05, 0) is 18.6 Å². The number of carbonyl (C=O) groups excluding carboxylic acids is 1. The van der Waals surface area contributed by atoms with Crippen LogP contribution in [0.3, 0.4) is 0 Å². The van der Waals surface area contributed by atoms with Crippen molar-refractivity contribution in [1.82, 2.24) is 19.7 Å². The van der Waals surface area contributed by atoms with Crippen LogP contribution >= 0.6 is 0 Å². The van der Waals surface area contributed by atoms with Crippen LogP contribution < -0.4 is 4.74 Å². The lowest BCUT2D eigenvalue weighted by molar-refractivity contribution is -0.138. The summed E-state index contributed by atoms with van der Waals surface area (Å²) in [5, 5.41) is 4.28. The molecule has 0 saturated carbocycles. The molecule has 3 heterocycles. The number of amides is 1. The highest BCUT2D eigenvalue weighted by Gasteiger charge is 2.26. The summed E-state index contributed by atoms with van der Waals surface area (Å²) < 4.78 is 12.8. The largest absolute Gasteiger partial charge is 0.481 e. The first-order valence-electron chi connectivity index (χ1n) is 8.10. The molecule has 128 valence electrons. The molecule has 1 atom stereocenters. The highest BCUT2D eigenvalue weighted by atomic mass is 16.5. The smallest absolute Gasteiger partial charge is 0.227 e. The molecule has 1 amide bonds. The van der Waals surface area contributed by atoms with Crippen LogP contribution in [0.25, 0.3) is 0 Å². The molecule has 0 aliphatic carbocycles. The van der Waals surface area contributed by atoms with Gasteiger partial charge < -0.3 is 14.4 Å². The van der Waals surface area contributed by atoms with Gasteiger partial charge in [0.2, 0.25) is 11.8 Å². The highest BCUT2D eigenvalue weighted by Crippen LogP contribution is 2.22. The van der Waals surface area contributed by atoms with Crippen molar-refractivity contribution >= 4 is 5.91 Å². The average molecular weight is 330 g/mol. The third-order valence-electron chi connectivity index (χ3n) is 4.13. The Hall–Kier alpha value is -2.41. The number of hydrogen-bond acceptors (Lipinski definition) is 5. The first-order chi connectivity index (χ1) is 11.7. The number of nitrogens with zero attached hydrogens (tertiary/aromatic N) is 4. The molecule has 0 spiro atoms. The summed E-state index contributed by atoms with van der Waals surface area (Å²) in [6.45, 7) is 4.56. The van der Waals surface area contributed by atoms with E-state index in [4.69, 9.17) is 9.47 Å². The van der Waals surface area contributed by atoms with E-state index in [0.717, 1.165) is 17.7 Å². The Balaban J connectivity index is 1.64. The summed E-state index contributed by atoms with van der Waals surface area (Å²) in [7, 11) is 1.57. The zero-order valence-corrected chi connectivity index (χ0v) is 14.0. The Morgan fingerprint density at radius 3 is 3.12 bits per heavy atom. The third kappa shape index (κ3) is 3.73. The molecule has 0 radical (unpaired) electrons. The lowest BCUT2D eigenvalue weighted by Gasteiger charge is -2.32. The average Bonchev–Trinajstić information content (AvgIpc) is 3.11. The fourth-order valence-corrected chi connectivity index (χ4v) is 2.75. The lowest BCUT2D eigenvalue weighted by Crippen LogP contribution is -2.42. The van der Waals surface area contributed by atoms with Crippen LogP contribution in [-0.4, -0.2) is 52.4 Å². The minimum atomic E-state index is -0.116. The van der Waals surface area contributed by atoms with Gasteiger partial charge in [-0.3, -0.25) is 9.48 Å². The minimum Gasteiger partial charge on any atom is -0.481 e. The van der Waals surface area contributed by atoms with E-state index in [0.29, 0.717) is 32.0 Å². The minimum absolute atomic E-state index is 0.0828. The van der Waals surface area contributed by atoms with Gasteiger partial charge in [-0.25, -0.2) is 4.98 Å². The van der Waals surface area contributed by atoms with Crippen LogP contribution in [0.2, 0.25) is 0 Å². The van der Waals surface area contributed by atoms with Gasteiger partial charge in [-0.2, -0.15) is 5.10 Å². The standard InChI is InChI=1S/C17H22N4O3/c1-3-21-11-14(10-19-21)15-12-20(6-7-24-15)17(22)9-13-4-5-18-16(8-13)23-2/h4-5,8,10-11,15H,3,6-7,9,12H2,1-2H3. The molecule has 0 aromatic carbocycles. The van der Waals surface area contributed by atoms with Gasteiger partial charge in [0.25, 0.3) is 0 Å². The molecule has 24 heavy (non-hydrogen) atoms. The Kier molecular flexibility index (Phi) is 5.10. The number of methoxy groups -OCH3 is 1. The molecule has 0 N–H and O–H groups in total. The summed E-state index contributed by atoms with van der Waals surface area (Å²) in [5.41, 5.74) is 1.91. The molecular weight excluding hydrogens is 308 g/mol. The second-order valence-electron chi connectivity index (χ2n) is 5.71. The van der Waals surface area contributed by atoms with Gasteiger partial charge in [-0.1, -0.05) is 0 Å². The molecule has 1 aliphatic heterocycles. The molecule has 2 aromatic rings. The summed E-state index contributed by atoms with van der Waals surface area (Å²) in [6.07, 6.45) is 5.67. The topological polar surface area (TPSA) is 69.5 Å². The Morgan fingerprint density at radius 1 is 1.50 bits per heavy atom. The molecule has 7 nitrogen and oxygen atoms in total. The Labute approximate surface area is 141 Å². The van der Waals surface area contributed by atoms with Gasteiger partial charge in [0.1, 0.15) is 6.10 Å². The Morgan fingerprint density at radius 2 is 2.38 bits per heavy atom. The number of aromatic nitrogens is 3. The zero-order valence-electron chi connectivity index (χ0n) is 14.0. The summed E-state index contributed by atoms with van der Waals surface area (Å²) in [6, 6.07) is 3.63. The molecule has 1 aliphatic rings. The molecule has 1 fully saturated rings. The number of morpholine rings is 1. The highest BCUT2D eigenvalue weighted by molar-refractivity contribution is 5.79.